The zero-order valence-corrected chi connectivity index (χ0v) is 9.75. The van der Waals surface area contributed by atoms with Crippen molar-refractivity contribution in [2.45, 2.75) is 25.3 Å². The summed E-state index contributed by atoms with van der Waals surface area (Å²) in [5.74, 6) is 0. The van der Waals surface area contributed by atoms with E-state index >= 15 is 0 Å². The third kappa shape index (κ3) is 2.29. The number of aryl methyl sites for hydroxylation is 1. The Morgan fingerprint density at radius 1 is 1.47 bits per heavy atom. The van der Waals surface area contributed by atoms with Crippen LogP contribution in [0.4, 0.5) is 5.69 Å². The topological polar surface area (TPSA) is 28.2 Å². The summed E-state index contributed by atoms with van der Waals surface area (Å²) in [4.78, 5) is 6.59. The fourth-order valence-corrected chi connectivity index (χ4v) is 1.87. The normalized spacial score (nSPS) is 17.5. The zero-order valence-electron chi connectivity index (χ0n) is 9.75. The van der Waals surface area contributed by atoms with Crippen LogP contribution in [0.3, 0.4) is 0 Å². The Bertz CT molecular complexity index is 327. The maximum atomic E-state index is 4.31. The molecule has 82 valence electrons. The zero-order chi connectivity index (χ0) is 10.9. The van der Waals surface area contributed by atoms with Crippen molar-refractivity contribution in [1.82, 2.24) is 10.3 Å². The van der Waals surface area contributed by atoms with Gasteiger partial charge < -0.3 is 10.2 Å². The molecule has 1 aliphatic rings. The summed E-state index contributed by atoms with van der Waals surface area (Å²) in [6.07, 6.45) is 4.52. The van der Waals surface area contributed by atoms with E-state index in [4.69, 9.17) is 0 Å². The lowest BCUT2D eigenvalue weighted by Gasteiger charge is -2.25. The molecular formula is C12H19N3. The summed E-state index contributed by atoms with van der Waals surface area (Å²) in [7, 11) is 4.18. The van der Waals surface area contributed by atoms with E-state index in [9.17, 15) is 0 Å². The SMILES string of the molecule is CNC1(CN(C)c2ccc(C)nc2)CC1. The molecule has 1 aromatic rings. The Hall–Kier alpha value is -1.09. The Morgan fingerprint density at radius 2 is 2.20 bits per heavy atom. The number of hydrogen-bond donors (Lipinski definition) is 1. The summed E-state index contributed by atoms with van der Waals surface area (Å²) in [5, 5.41) is 3.40. The predicted octanol–water partition coefficient (Wildman–Crippen LogP) is 1.58. The summed E-state index contributed by atoms with van der Waals surface area (Å²) < 4.78 is 0. The second kappa shape index (κ2) is 3.81. The first-order chi connectivity index (χ1) is 7.15. The van der Waals surface area contributed by atoms with Gasteiger partial charge in [0.25, 0.3) is 0 Å². The molecule has 2 rings (SSSR count). The second-order valence-corrected chi connectivity index (χ2v) is 4.54. The summed E-state index contributed by atoms with van der Waals surface area (Å²) in [5.41, 5.74) is 2.63. The summed E-state index contributed by atoms with van der Waals surface area (Å²) in [6.45, 7) is 3.08. The molecule has 3 heteroatoms. The van der Waals surface area contributed by atoms with Gasteiger partial charge in [0.1, 0.15) is 0 Å². The summed E-state index contributed by atoms with van der Waals surface area (Å²) >= 11 is 0. The average Bonchev–Trinajstić information content (AvgIpc) is 2.99. The highest BCUT2D eigenvalue weighted by atomic mass is 15.2. The average molecular weight is 205 g/mol. The van der Waals surface area contributed by atoms with Gasteiger partial charge >= 0.3 is 0 Å². The number of likely N-dealkylation sites (N-methyl/N-ethyl adjacent to an activating group) is 2. The maximum Gasteiger partial charge on any atom is 0.0551 e. The fourth-order valence-electron chi connectivity index (χ4n) is 1.87. The van der Waals surface area contributed by atoms with Crippen molar-refractivity contribution in [3.63, 3.8) is 0 Å². The predicted molar refractivity (Wildman–Crippen MR) is 63.3 cm³/mol. The summed E-state index contributed by atoms with van der Waals surface area (Å²) in [6, 6.07) is 4.19. The van der Waals surface area contributed by atoms with Crippen molar-refractivity contribution in [2.24, 2.45) is 0 Å². The first kappa shape index (κ1) is 10.4. The molecular weight excluding hydrogens is 186 g/mol. The molecule has 0 aromatic carbocycles. The monoisotopic (exact) mass is 205 g/mol. The van der Waals surface area contributed by atoms with E-state index < -0.39 is 0 Å². The number of anilines is 1. The Labute approximate surface area is 91.5 Å². The van der Waals surface area contributed by atoms with Gasteiger partial charge in [-0.25, -0.2) is 0 Å². The quantitative estimate of drug-likeness (QED) is 0.809. The van der Waals surface area contributed by atoms with Gasteiger partial charge in [0, 0.05) is 24.8 Å². The molecule has 0 spiro atoms. The first-order valence-corrected chi connectivity index (χ1v) is 5.48. The molecule has 15 heavy (non-hydrogen) atoms. The second-order valence-electron chi connectivity index (χ2n) is 4.54. The molecule has 1 heterocycles. The minimum Gasteiger partial charge on any atom is -0.372 e. The van der Waals surface area contributed by atoms with Crippen molar-refractivity contribution in [1.29, 1.82) is 0 Å². The highest BCUT2D eigenvalue weighted by Gasteiger charge is 2.41. The lowest BCUT2D eigenvalue weighted by Crippen LogP contribution is -2.39. The van der Waals surface area contributed by atoms with E-state index in [1.807, 2.05) is 20.2 Å². The van der Waals surface area contributed by atoms with Crippen molar-refractivity contribution >= 4 is 5.69 Å². The molecule has 0 amide bonds. The van der Waals surface area contributed by atoms with Crippen LogP contribution in [-0.4, -0.2) is 31.2 Å². The molecule has 0 aliphatic heterocycles. The number of hydrogen-bond acceptors (Lipinski definition) is 3. The standard InChI is InChI=1S/C12H19N3/c1-10-4-5-11(8-14-10)15(3)9-12(13-2)6-7-12/h4-5,8,13H,6-7,9H2,1-3H3. The van der Waals surface area contributed by atoms with Crippen molar-refractivity contribution < 1.29 is 0 Å². The van der Waals surface area contributed by atoms with E-state index in [-0.39, 0.29) is 0 Å². The minimum absolute atomic E-state index is 0.361. The van der Waals surface area contributed by atoms with Gasteiger partial charge in [-0.15, -0.1) is 0 Å². The molecule has 1 aliphatic carbocycles. The smallest absolute Gasteiger partial charge is 0.0551 e. The Balaban J connectivity index is 2.01. The molecule has 1 fully saturated rings. The van der Waals surface area contributed by atoms with Crippen LogP contribution >= 0.6 is 0 Å². The van der Waals surface area contributed by atoms with Gasteiger partial charge in [-0.05, 0) is 38.9 Å². The Morgan fingerprint density at radius 3 is 2.67 bits per heavy atom. The molecule has 0 bridgehead atoms. The molecule has 1 aromatic heterocycles. The molecule has 1 saturated carbocycles. The number of aromatic nitrogens is 1. The number of rotatable bonds is 4. The van der Waals surface area contributed by atoms with E-state index in [0.717, 1.165) is 12.2 Å². The van der Waals surface area contributed by atoms with Gasteiger partial charge in [-0.2, -0.15) is 0 Å². The Kier molecular flexibility index (Phi) is 2.65. The van der Waals surface area contributed by atoms with Gasteiger partial charge in [0.15, 0.2) is 0 Å². The van der Waals surface area contributed by atoms with Crippen LogP contribution in [0.25, 0.3) is 0 Å². The van der Waals surface area contributed by atoms with Crippen LogP contribution in [0, 0.1) is 6.92 Å². The minimum atomic E-state index is 0.361. The van der Waals surface area contributed by atoms with Crippen LogP contribution < -0.4 is 10.2 Å². The van der Waals surface area contributed by atoms with E-state index in [1.165, 1.54) is 18.5 Å². The van der Waals surface area contributed by atoms with Crippen LogP contribution in [0.2, 0.25) is 0 Å². The van der Waals surface area contributed by atoms with Gasteiger partial charge in [0.2, 0.25) is 0 Å². The highest BCUT2D eigenvalue weighted by molar-refractivity contribution is 5.44. The van der Waals surface area contributed by atoms with E-state index in [2.05, 4.69) is 34.4 Å². The van der Waals surface area contributed by atoms with Gasteiger partial charge in [-0.3, -0.25) is 4.98 Å². The number of nitrogens with one attached hydrogen (secondary N) is 1. The maximum absolute atomic E-state index is 4.31. The first-order valence-electron chi connectivity index (χ1n) is 5.48. The molecule has 0 unspecified atom stereocenters. The molecule has 0 radical (unpaired) electrons. The van der Waals surface area contributed by atoms with Crippen LogP contribution in [0.15, 0.2) is 18.3 Å². The molecule has 0 saturated heterocycles. The largest absolute Gasteiger partial charge is 0.372 e. The molecule has 0 atom stereocenters. The van der Waals surface area contributed by atoms with E-state index in [0.29, 0.717) is 5.54 Å². The molecule has 3 nitrogen and oxygen atoms in total. The third-order valence-electron chi connectivity index (χ3n) is 3.26. The molecule has 1 N–H and O–H groups in total. The van der Waals surface area contributed by atoms with Crippen molar-refractivity contribution in [3.05, 3.63) is 24.0 Å². The lowest BCUT2D eigenvalue weighted by atomic mass is 10.2. The van der Waals surface area contributed by atoms with Crippen molar-refractivity contribution in [3.8, 4) is 0 Å². The van der Waals surface area contributed by atoms with Crippen LogP contribution in [0.5, 0.6) is 0 Å². The van der Waals surface area contributed by atoms with Crippen LogP contribution in [-0.2, 0) is 0 Å². The highest BCUT2D eigenvalue weighted by Crippen LogP contribution is 2.36. The number of nitrogens with zero attached hydrogens (tertiary/aromatic N) is 2. The third-order valence-corrected chi connectivity index (χ3v) is 3.26. The van der Waals surface area contributed by atoms with Gasteiger partial charge in [0.05, 0.1) is 11.9 Å². The number of pyridine rings is 1. The fraction of sp³-hybridized carbons (Fsp3) is 0.583. The van der Waals surface area contributed by atoms with Crippen molar-refractivity contribution in [2.75, 3.05) is 25.5 Å². The van der Waals surface area contributed by atoms with Gasteiger partial charge in [-0.1, -0.05) is 0 Å². The van der Waals surface area contributed by atoms with E-state index in [1.54, 1.807) is 0 Å². The lowest BCUT2D eigenvalue weighted by molar-refractivity contribution is 0.549. The van der Waals surface area contributed by atoms with Crippen LogP contribution in [0.1, 0.15) is 18.5 Å².